The monoisotopic (exact) mass is 126 g/mol. The number of carbonyl (C=O) groups excluding carboxylic acids is 1. The molecule has 1 amide bonds. The van der Waals surface area contributed by atoms with E-state index in [4.69, 9.17) is 0 Å². The highest BCUT2D eigenvalue weighted by molar-refractivity contribution is 5.68. The third kappa shape index (κ3) is 0.778. The van der Waals surface area contributed by atoms with Gasteiger partial charge >= 0.3 is 5.91 Å². The molecule has 3 heterocycles. The molecule has 0 atom stereocenters. The van der Waals surface area contributed by atoms with E-state index in [2.05, 4.69) is 0 Å². The van der Waals surface area contributed by atoms with Crippen LogP contribution in [-0.2, 0) is 4.79 Å². The number of quaternary nitrogens is 1. The molecule has 2 nitrogen and oxygen atoms in total. The molecule has 0 unspecified atom stereocenters. The number of hydrogen-bond acceptors (Lipinski definition) is 1. The number of hydrogen-bond donors (Lipinski definition) is 1. The molecule has 3 aliphatic rings. The van der Waals surface area contributed by atoms with Gasteiger partial charge in [-0.2, -0.15) is 0 Å². The zero-order valence-corrected chi connectivity index (χ0v) is 5.52. The Bertz CT molecular complexity index is 136. The summed E-state index contributed by atoms with van der Waals surface area (Å²) in [4.78, 5) is 12.3. The SMILES string of the molecule is O=C1CC2CC[NH+]1CC2. The van der Waals surface area contributed by atoms with Gasteiger partial charge < -0.3 is 0 Å². The molecule has 0 spiro atoms. The maximum Gasteiger partial charge on any atom is 0.312 e. The fraction of sp³-hybridized carbons (Fsp3) is 0.857. The maximum absolute atomic E-state index is 11.0. The lowest BCUT2D eigenvalue weighted by Crippen LogP contribution is -3.17. The van der Waals surface area contributed by atoms with Gasteiger partial charge in [0.2, 0.25) is 0 Å². The van der Waals surface area contributed by atoms with Gasteiger partial charge in [0, 0.05) is 12.8 Å². The second-order valence-corrected chi connectivity index (χ2v) is 3.17. The fourth-order valence-electron chi connectivity index (χ4n) is 1.92. The Morgan fingerprint density at radius 3 is 2.22 bits per heavy atom. The highest BCUT2D eigenvalue weighted by Crippen LogP contribution is 2.17. The zero-order valence-electron chi connectivity index (χ0n) is 5.52. The number of fused-ring (bicyclic) bond motifs is 3. The van der Waals surface area contributed by atoms with Crippen molar-refractivity contribution in [2.24, 2.45) is 5.92 Å². The molecule has 3 saturated heterocycles. The first kappa shape index (κ1) is 5.42. The lowest BCUT2D eigenvalue weighted by Gasteiger charge is -2.33. The molecule has 3 aliphatic heterocycles. The molecule has 0 aliphatic carbocycles. The molecule has 0 aromatic carbocycles. The van der Waals surface area contributed by atoms with Crippen LogP contribution in [0, 0.1) is 5.92 Å². The first-order chi connectivity index (χ1) is 4.36. The summed E-state index contributed by atoms with van der Waals surface area (Å²) in [6.07, 6.45) is 3.46. The van der Waals surface area contributed by atoms with Gasteiger partial charge in [-0.25, -0.2) is 4.79 Å². The number of amides is 1. The molecule has 2 bridgehead atoms. The van der Waals surface area contributed by atoms with E-state index < -0.39 is 0 Å². The summed E-state index contributed by atoms with van der Waals surface area (Å²) in [5, 5.41) is 0. The van der Waals surface area contributed by atoms with E-state index in [1.54, 1.807) is 0 Å². The van der Waals surface area contributed by atoms with Crippen molar-refractivity contribution in [3.8, 4) is 0 Å². The molecule has 50 valence electrons. The van der Waals surface area contributed by atoms with Crippen molar-refractivity contribution in [3.63, 3.8) is 0 Å². The summed E-state index contributed by atoms with van der Waals surface area (Å²) in [7, 11) is 0. The van der Waals surface area contributed by atoms with Gasteiger partial charge in [0.1, 0.15) is 0 Å². The molecule has 0 radical (unpaired) electrons. The van der Waals surface area contributed by atoms with Crippen molar-refractivity contribution < 1.29 is 9.69 Å². The summed E-state index contributed by atoms with van der Waals surface area (Å²) in [6, 6.07) is 0. The quantitative estimate of drug-likeness (QED) is 0.451. The van der Waals surface area contributed by atoms with Gasteiger partial charge in [0.25, 0.3) is 0 Å². The van der Waals surface area contributed by atoms with Gasteiger partial charge in [0.05, 0.1) is 19.5 Å². The third-order valence-electron chi connectivity index (χ3n) is 2.58. The smallest absolute Gasteiger partial charge is 0.272 e. The van der Waals surface area contributed by atoms with Crippen LogP contribution in [-0.4, -0.2) is 19.0 Å². The first-order valence-electron chi connectivity index (χ1n) is 3.74. The van der Waals surface area contributed by atoms with Gasteiger partial charge in [-0.15, -0.1) is 0 Å². The van der Waals surface area contributed by atoms with E-state index in [1.165, 1.54) is 17.7 Å². The molecule has 9 heavy (non-hydrogen) atoms. The van der Waals surface area contributed by atoms with Crippen LogP contribution in [0.3, 0.4) is 0 Å². The van der Waals surface area contributed by atoms with Gasteiger partial charge in [-0.1, -0.05) is 0 Å². The number of carbonyl (C=O) groups is 1. The number of nitrogens with one attached hydrogen (secondary N) is 1. The van der Waals surface area contributed by atoms with Crippen LogP contribution in [0.5, 0.6) is 0 Å². The molecule has 0 aromatic heterocycles. The Hall–Kier alpha value is -0.370. The molecule has 2 heteroatoms. The molecule has 0 saturated carbocycles. The minimum atomic E-state index is 0.470. The molecular weight excluding hydrogens is 114 g/mol. The average Bonchev–Trinajstić information content (AvgIpc) is 1.90. The first-order valence-corrected chi connectivity index (χ1v) is 3.74. The molecule has 3 fully saturated rings. The summed E-state index contributed by atoms with van der Waals surface area (Å²) in [5.74, 6) is 1.23. The third-order valence-corrected chi connectivity index (χ3v) is 2.58. The highest BCUT2D eigenvalue weighted by atomic mass is 16.2. The normalized spacial score (nSPS) is 41.6. The van der Waals surface area contributed by atoms with E-state index in [-0.39, 0.29) is 0 Å². The Morgan fingerprint density at radius 2 is 2.00 bits per heavy atom. The van der Waals surface area contributed by atoms with Crippen molar-refractivity contribution in [2.75, 3.05) is 13.1 Å². The Morgan fingerprint density at radius 1 is 1.33 bits per heavy atom. The minimum Gasteiger partial charge on any atom is -0.272 e. The number of rotatable bonds is 0. The van der Waals surface area contributed by atoms with E-state index in [1.807, 2.05) is 0 Å². The van der Waals surface area contributed by atoms with E-state index in [0.717, 1.165) is 25.4 Å². The minimum absolute atomic E-state index is 0.470. The Balaban J connectivity index is 2.15. The van der Waals surface area contributed by atoms with Crippen LogP contribution in [0.4, 0.5) is 0 Å². The molecule has 3 rings (SSSR count). The van der Waals surface area contributed by atoms with Crippen LogP contribution in [0.2, 0.25) is 0 Å². The van der Waals surface area contributed by atoms with Crippen molar-refractivity contribution in [1.82, 2.24) is 0 Å². The van der Waals surface area contributed by atoms with Crippen molar-refractivity contribution in [2.45, 2.75) is 19.3 Å². The zero-order chi connectivity index (χ0) is 6.27. The van der Waals surface area contributed by atoms with Crippen LogP contribution in [0.25, 0.3) is 0 Å². The predicted molar refractivity (Wildman–Crippen MR) is 33.0 cm³/mol. The van der Waals surface area contributed by atoms with E-state index in [9.17, 15) is 4.79 Å². The maximum atomic E-state index is 11.0. The Kier molecular flexibility index (Phi) is 1.09. The van der Waals surface area contributed by atoms with Crippen LogP contribution >= 0.6 is 0 Å². The summed E-state index contributed by atoms with van der Waals surface area (Å²) in [6.45, 7) is 2.23. The van der Waals surface area contributed by atoms with Crippen LogP contribution in [0.1, 0.15) is 19.3 Å². The lowest BCUT2D eigenvalue weighted by atomic mass is 9.88. The average molecular weight is 126 g/mol. The van der Waals surface area contributed by atoms with Gasteiger partial charge in [-0.3, -0.25) is 4.90 Å². The molecule has 0 aromatic rings. The molecule has 1 N–H and O–H groups in total. The van der Waals surface area contributed by atoms with Crippen molar-refractivity contribution in [3.05, 3.63) is 0 Å². The summed E-state index contributed by atoms with van der Waals surface area (Å²) in [5.41, 5.74) is 0. The number of piperidine rings is 3. The van der Waals surface area contributed by atoms with Crippen LogP contribution < -0.4 is 4.90 Å². The van der Waals surface area contributed by atoms with Gasteiger partial charge in [-0.05, 0) is 5.92 Å². The largest absolute Gasteiger partial charge is 0.312 e. The standard InChI is InChI=1S/C7H11NO/c9-7-5-6-1-3-8(7)4-2-6/h6H,1-5H2/p+1. The lowest BCUT2D eigenvalue weighted by molar-refractivity contribution is -0.835. The van der Waals surface area contributed by atoms with Crippen molar-refractivity contribution in [1.29, 1.82) is 0 Å². The van der Waals surface area contributed by atoms with E-state index in [0.29, 0.717) is 5.91 Å². The van der Waals surface area contributed by atoms with Crippen molar-refractivity contribution >= 4 is 5.91 Å². The van der Waals surface area contributed by atoms with Crippen LogP contribution in [0.15, 0.2) is 0 Å². The topological polar surface area (TPSA) is 21.5 Å². The second-order valence-electron chi connectivity index (χ2n) is 3.17. The molecular formula is C7H12NO+. The van der Waals surface area contributed by atoms with Gasteiger partial charge in [0.15, 0.2) is 0 Å². The summed E-state index contributed by atoms with van der Waals surface area (Å²) >= 11 is 0. The predicted octanol–water partition coefficient (Wildman–Crippen LogP) is -0.788. The second kappa shape index (κ2) is 1.81. The fourth-order valence-corrected chi connectivity index (χ4v) is 1.92. The van der Waals surface area contributed by atoms with E-state index >= 15 is 0 Å². The summed E-state index contributed by atoms with van der Waals surface area (Å²) < 4.78 is 0. The highest BCUT2D eigenvalue weighted by Gasteiger charge is 2.35. The Labute approximate surface area is 54.8 Å².